The Balaban J connectivity index is 2.28. The van der Waals surface area contributed by atoms with Gasteiger partial charge in [0, 0.05) is 5.38 Å². The van der Waals surface area contributed by atoms with Crippen LogP contribution < -0.4 is 5.73 Å². The van der Waals surface area contributed by atoms with Gasteiger partial charge in [-0.25, -0.2) is 4.98 Å². The lowest BCUT2D eigenvalue weighted by Gasteiger charge is -2.00. The molecule has 80 valence electrons. The fourth-order valence-electron chi connectivity index (χ4n) is 1.38. The lowest BCUT2D eigenvalue weighted by Crippen LogP contribution is -2.04. The maximum absolute atomic E-state index is 6.04. The van der Waals surface area contributed by atoms with Crippen LogP contribution in [-0.2, 0) is 6.54 Å². The molecule has 4 nitrogen and oxygen atoms in total. The number of nitrogen functional groups attached to an aromatic ring is 1. The zero-order valence-corrected chi connectivity index (χ0v) is 10.1. The first-order valence-electron chi connectivity index (χ1n) is 4.47. The highest BCUT2D eigenvalue weighted by Crippen LogP contribution is 2.20. The van der Waals surface area contributed by atoms with E-state index in [4.69, 9.17) is 17.3 Å². The van der Waals surface area contributed by atoms with Crippen molar-refractivity contribution < 1.29 is 0 Å². The fraction of sp³-hybridized carbons (Fsp3) is 0.333. The lowest BCUT2D eigenvalue weighted by atomic mass is 10.4. The first-order valence-corrected chi connectivity index (χ1v) is 5.73. The number of rotatable bonds is 2. The Morgan fingerprint density at radius 2 is 2.27 bits per heavy atom. The van der Waals surface area contributed by atoms with Gasteiger partial charge in [0.15, 0.2) is 5.13 Å². The van der Waals surface area contributed by atoms with Crippen LogP contribution in [-0.4, -0.2) is 14.8 Å². The van der Waals surface area contributed by atoms with E-state index in [1.54, 1.807) is 0 Å². The highest BCUT2D eigenvalue weighted by atomic mass is 35.5. The summed E-state index contributed by atoms with van der Waals surface area (Å²) in [6.45, 7) is 4.45. The number of anilines is 1. The van der Waals surface area contributed by atoms with Crippen LogP contribution in [0.3, 0.4) is 0 Å². The van der Waals surface area contributed by atoms with Crippen molar-refractivity contribution in [1.29, 1.82) is 0 Å². The Bertz CT molecular complexity index is 488. The van der Waals surface area contributed by atoms with Gasteiger partial charge < -0.3 is 5.73 Å². The van der Waals surface area contributed by atoms with E-state index < -0.39 is 0 Å². The van der Waals surface area contributed by atoms with Crippen molar-refractivity contribution in [3.05, 3.63) is 27.5 Å². The van der Waals surface area contributed by atoms with Crippen LogP contribution in [0.25, 0.3) is 0 Å². The summed E-state index contributed by atoms with van der Waals surface area (Å²) < 4.78 is 1.84. The molecule has 0 aliphatic rings. The zero-order chi connectivity index (χ0) is 11.0. The summed E-state index contributed by atoms with van der Waals surface area (Å²) in [5.74, 6) is 0. The third kappa shape index (κ3) is 1.98. The van der Waals surface area contributed by atoms with Gasteiger partial charge in [0.1, 0.15) is 0 Å². The normalized spacial score (nSPS) is 10.9. The zero-order valence-electron chi connectivity index (χ0n) is 8.49. The van der Waals surface area contributed by atoms with E-state index in [0.29, 0.717) is 11.7 Å². The smallest absolute Gasteiger partial charge is 0.180 e. The highest BCUT2D eigenvalue weighted by molar-refractivity contribution is 7.13. The highest BCUT2D eigenvalue weighted by Gasteiger charge is 2.10. The molecule has 0 aromatic carbocycles. The van der Waals surface area contributed by atoms with Gasteiger partial charge in [-0.2, -0.15) is 5.10 Å². The first-order chi connectivity index (χ1) is 7.08. The van der Waals surface area contributed by atoms with E-state index in [1.807, 2.05) is 23.9 Å². The average molecular weight is 243 g/mol. The maximum atomic E-state index is 6.04. The molecule has 0 bridgehead atoms. The van der Waals surface area contributed by atoms with Gasteiger partial charge in [-0.15, -0.1) is 11.3 Å². The molecule has 0 spiro atoms. The topological polar surface area (TPSA) is 56.7 Å². The van der Waals surface area contributed by atoms with E-state index in [9.17, 15) is 0 Å². The molecule has 0 unspecified atom stereocenters. The van der Waals surface area contributed by atoms with E-state index in [2.05, 4.69) is 10.1 Å². The van der Waals surface area contributed by atoms with Crippen molar-refractivity contribution in [3.63, 3.8) is 0 Å². The van der Waals surface area contributed by atoms with Crippen LogP contribution in [0.4, 0.5) is 5.13 Å². The minimum atomic E-state index is 0.581. The summed E-state index contributed by atoms with van der Waals surface area (Å²) in [6.07, 6.45) is 0. The number of hydrogen-bond acceptors (Lipinski definition) is 4. The molecule has 0 amide bonds. The van der Waals surface area contributed by atoms with Crippen LogP contribution in [0, 0.1) is 13.8 Å². The third-order valence-electron chi connectivity index (χ3n) is 2.17. The van der Waals surface area contributed by atoms with Crippen LogP contribution >= 0.6 is 22.9 Å². The van der Waals surface area contributed by atoms with E-state index in [1.165, 1.54) is 11.3 Å². The average Bonchev–Trinajstić information content (AvgIpc) is 2.68. The van der Waals surface area contributed by atoms with Crippen LogP contribution in [0.1, 0.15) is 17.1 Å². The first kappa shape index (κ1) is 10.4. The van der Waals surface area contributed by atoms with E-state index in [0.717, 1.165) is 22.1 Å². The molecule has 0 atom stereocenters. The summed E-state index contributed by atoms with van der Waals surface area (Å²) >= 11 is 7.48. The van der Waals surface area contributed by atoms with Gasteiger partial charge in [-0.05, 0) is 13.8 Å². The largest absolute Gasteiger partial charge is 0.375 e. The minimum Gasteiger partial charge on any atom is -0.375 e. The van der Waals surface area contributed by atoms with Crippen molar-refractivity contribution in [2.24, 2.45) is 0 Å². The molecule has 15 heavy (non-hydrogen) atoms. The van der Waals surface area contributed by atoms with Gasteiger partial charge in [-0.1, -0.05) is 11.6 Å². The van der Waals surface area contributed by atoms with Crippen molar-refractivity contribution in [1.82, 2.24) is 14.8 Å². The Kier molecular flexibility index (Phi) is 2.67. The van der Waals surface area contributed by atoms with E-state index >= 15 is 0 Å². The standard InChI is InChI=1S/C9H11ClN4S/c1-5-8(10)6(2)14(13-5)3-7-4-15-9(11)12-7/h4H,3H2,1-2H3,(H2,11,12). The predicted octanol–water partition coefficient (Wildman–Crippen LogP) is 2.24. The van der Waals surface area contributed by atoms with Gasteiger partial charge in [0.2, 0.25) is 0 Å². The molecule has 6 heteroatoms. The number of aryl methyl sites for hydroxylation is 1. The molecule has 2 N–H and O–H groups in total. The Morgan fingerprint density at radius 1 is 1.53 bits per heavy atom. The molecule has 2 rings (SSSR count). The maximum Gasteiger partial charge on any atom is 0.180 e. The summed E-state index contributed by atoms with van der Waals surface area (Å²) in [5, 5.41) is 7.55. The second-order valence-corrected chi connectivity index (χ2v) is 4.59. The lowest BCUT2D eigenvalue weighted by molar-refractivity contribution is 0.650. The molecule has 2 heterocycles. The van der Waals surface area contributed by atoms with Crippen molar-refractivity contribution in [2.75, 3.05) is 5.73 Å². The molecule has 2 aromatic heterocycles. The quantitative estimate of drug-likeness (QED) is 0.879. The molecule has 0 radical (unpaired) electrons. The number of halogens is 1. The third-order valence-corrected chi connectivity index (χ3v) is 3.44. The molecule has 0 saturated carbocycles. The summed E-state index contributed by atoms with van der Waals surface area (Å²) in [5.41, 5.74) is 8.28. The van der Waals surface area contributed by atoms with E-state index in [-0.39, 0.29) is 0 Å². The van der Waals surface area contributed by atoms with Crippen molar-refractivity contribution >= 4 is 28.1 Å². The number of thiazole rings is 1. The predicted molar refractivity (Wildman–Crippen MR) is 62.3 cm³/mol. The second kappa shape index (κ2) is 3.83. The number of hydrogen-bond donors (Lipinski definition) is 1. The fourth-order valence-corrected chi connectivity index (χ4v) is 2.07. The van der Waals surface area contributed by atoms with Crippen molar-refractivity contribution in [3.8, 4) is 0 Å². The monoisotopic (exact) mass is 242 g/mol. The number of nitrogens with zero attached hydrogens (tertiary/aromatic N) is 3. The summed E-state index contributed by atoms with van der Waals surface area (Å²) in [6, 6.07) is 0. The van der Waals surface area contributed by atoms with Crippen molar-refractivity contribution in [2.45, 2.75) is 20.4 Å². The summed E-state index contributed by atoms with van der Waals surface area (Å²) in [7, 11) is 0. The molecular weight excluding hydrogens is 232 g/mol. The SMILES string of the molecule is Cc1nn(Cc2csc(N)n2)c(C)c1Cl. The van der Waals surface area contributed by atoms with Gasteiger partial charge in [0.05, 0.1) is 28.6 Å². The molecule has 0 fully saturated rings. The second-order valence-electron chi connectivity index (χ2n) is 3.32. The number of nitrogens with two attached hydrogens (primary N) is 1. The summed E-state index contributed by atoms with van der Waals surface area (Å²) in [4.78, 5) is 4.18. The Labute approximate surface area is 96.7 Å². The van der Waals surface area contributed by atoms with Gasteiger partial charge in [-0.3, -0.25) is 4.68 Å². The molecule has 0 saturated heterocycles. The van der Waals surface area contributed by atoms with Gasteiger partial charge >= 0.3 is 0 Å². The molecular formula is C9H11ClN4S. The minimum absolute atomic E-state index is 0.581. The van der Waals surface area contributed by atoms with Gasteiger partial charge in [0.25, 0.3) is 0 Å². The Hall–Kier alpha value is -1.07. The van der Waals surface area contributed by atoms with Crippen LogP contribution in [0.2, 0.25) is 5.02 Å². The van der Waals surface area contributed by atoms with Crippen LogP contribution in [0.15, 0.2) is 5.38 Å². The van der Waals surface area contributed by atoms with Crippen LogP contribution in [0.5, 0.6) is 0 Å². The Morgan fingerprint density at radius 3 is 2.73 bits per heavy atom. The molecule has 0 aliphatic heterocycles. The number of aromatic nitrogens is 3. The molecule has 2 aromatic rings. The molecule has 0 aliphatic carbocycles.